The molecule has 0 aliphatic heterocycles. The van der Waals surface area contributed by atoms with Gasteiger partial charge < -0.3 is 0 Å². The minimum Gasteiger partial charge on any atom is -0.246 e. The van der Waals surface area contributed by atoms with Gasteiger partial charge in [0.25, 0.3) is 0 Å². The number of alkyl halides is 1. The van der Waals surface area contributed by atoms with E-state index in [1.807, 2.05) is 18.2 Å². The first-order chi connectivity index (χ1) is 13.0. The number of hydrogen-bond acceptors (Lipinski definition) is 0. The summed E-state index contributed by atoms with van der Waals surface area (Å²) in [4.78, 5) is 0. The summed E-state index contributed by atoms with van der Waals surface area (Å²) in [6, 6.07) is 8.21. The molecular formula is C26H37F. The van der Waals surface area contributed by atoms with Crippen LogP contribution in [0, 0.1) is 0 Å². The monoisotopic (exact) mass is 368 g/mol. The van der Waals surface area contributed by atoms with Gasteiger partial charge in [-0.15, -0.1) is 0 Å². The molecule has 0 saturated carbocycles. The van der Waals surface area contributed by atoms with Crippen molar-refractivity contribution in [3.05, 3.63) is 76.4 Å². The van der Waals surface area contributed by atoms with Crippen LogP contribution in [0.2, 0.25) is 0 Å². The van der Waals surface area contributed by atoms with E-state index in [0.29, 0.717) is 0 Å². The standard InChI is InChI=1S/C26H37F/c1-6-9-10-11-21(4)12-13-22(5)24(8-3)18-19-26(20-27)25-16-14-23(7-2)15-17-25/h12-19H,6-11,20H2,1-5H3/b21-12+,22-13+,24-18+,26-19+. The molecule has 1 aromatic carbocycles. The Balaban J connectivity index is 2.92. The van der Waals surface area contributed by atoms with Crippen molar-refractivity contribution in [3.63, 3.8) is 0 Å². The van der Waals surface area contributed by atoms with E-state index in [2.05, 4.69) is 65.0 Å². The topological polar surface area (TPSA) is 0 Å². The summed E-state index contributed by atoms with van der Waals surface area (Å²) in [5.41, 5.74) is 6.92. The zero-order valence-electron chi connectivity index (χ0n) is 17.9. The maximum atomic E-state index is 13.6. The quantitative estimate of drug-likeness (QED) is 0.271. The molecular weight excluding hydrogens is 331 g/mol. The molecule has 0 N–H and O–H groups in total. The first kappa shape index (κ1) is 23.1. The molecule has 0 aliphatic rings. The summed E-state index contributed by atoms with van der Waals surface area (Å²) in [7, 11) is 0. The molecule has 0 fully saturated rings. The summed E-state index contributed by atoms with van der Waals surface area (Å²) >= 11 is 0. The molecule has 0 atom stereocenters. The van der Waals surface area contributed by atoms with Gasteiger partial charge in [0, 0.05) is 0 Å². The van der Waals surface area contributed by atoms with Crippen LogP contribution in [0.5, 0.6) is 0 Å². The Kier molecular flexibility index (Phi) is 11.4. The van der Waals surface area contributed by atoms with Gasteiger partial charge in [0.05, 0.1) is 0 Å². The lowest BCUT2D eigenvalue weighted by Crippen LogP contribution is -1.89. The lowest BCUT2D eigenvalue weighted by molar-refractivity contribution is 0.571. The van der Waals surface area contributed by atoms with Gasteiger partial charge in [0.1, 0.15) is 6.67 Å². The summed E-state index contributed by atoms with van der Waals surface area (Å²) in [6.45, 7) is 10.4. The van der Waals surface area contributed by atoms with Crippen molar-refractivity contribution < 1.29 is 4.39 Å². The SMILES string of the molecule is CCCCC/C(C)=C/C=C(C)/C(=C/C=C(\CF)c1ccc(CC)cc1)CC. The van der Waals surface area contributed by atoms with Crippen LogP contribution in [-0.2, 0) is 6.42 Å². The van der Waals surface area contributed by atoms with Crippen LogP contribution >= 0.6 is 0 Å². The normalized spacial score (nSPS) is 14.0. The van der Waals surface area contributed by atoms with Crippen LogP contribution in [0.15, 0.2) is 65.3 Å². The van der Waals surface area contributed by atoms with Gasteiger partial charge in [-0.1, -0.05) is 87.8 Å². The van der Waals surface area contributed by atoms with Crippen molar-refractivity contribution in [2.24, 2.45) is 0 Å². The molecule has 27 heavy (non-hydrogen) atoms. The van der Waals surface area contributed by atoms with Crippen molar-refractivity contribution >= 4 is 5.57 Å². The molecule has 0 heterocycles. The predicted octanol–water partition coefficient (Wildman–Crippen LogP) is 8.41. The zero-order valence-corrected chi connectivity index (χ0v) is 17.9. The van der Waals surface area contributed by atoms with E-state index in [-0.39, 0.29) is 0 Å². The summed E-state index contributed by atoms with van der Waals surface area (Å²) in [5.74, 6) is 0. The van der Waals surface area contributed by atoms with Crippen LogP contribution in [0.3, 0.4) is 0 Å². The third-order valence-corrected chi connectivity index (χ3v) is 5.04. The van der Waals surface area contributed by atoms with Gasteiger partial charge in [-0.3, -0.25) is 0 Å². The first-order valence-corrected chi connectivity index (χ1v) is 10.4. The molecule has 0 radical (unpaired) electrons. The molecule has 148 valence electrons. The fourth-order valence-electron chi connectivity index (χ4n) is 3.01. The number of hydrogen-bond donors (Lipinski definition) is 0. The Morgan fingerprint density at radius 1 is 0.889 bits per heavy atom. The lowest BCUT2D eigenvalue weighted by Gasteiger charge is -2.07. The van der Waals surface area contributed by atoms with Gasteiger partial charge in [0.2, 0.25) is 0 Å². The molecule has 1 rings (SSSR count). The zero-order chi connectivity index (χ0) is 20.1. The summed E-state index contributed by atoms with van der Waals surface area (Å²) in [5, 5.41) is 0. The average molecular weight is 369 g/mol. The maximum Gasteiger partial charge on any atom is 0.115 e. The highest BCUT2D eigenvalue weighted by Crippen LogP contribution is 2.20. The highest BCUT2D eigenvalue weighted by Gasteiger charge is 2.02. The van der Waals surface area contributed by atoms with E-state index in [1.165, 1.54) is 48.0 Å². The maximum absolute atomic E-state index is 13.6. The largest absolute Gasteiger partial charge is 0.246 e. The second-order valence-electron chi connectivity index (χ2n) is 7.24. The van der Waals surface area contributed by atoms with Crippen molar-refractivity contribution in [3.8, 4) is 0 Å². The number of halogens is 1. The number of aryl methyl sites for hydroxylation is 1. The smallest absolute Gasteiger partial charge is 0.115 e. The molecule has 0 spiro atoms. The van der Waals surface area contributed by atoms with E-state index in [0.717, 1.165) is 24.0 Å². The van der Waals surface area contributed by atoms with Crippen LogP contribution in [0.1, 0.15) is 77.8 Å². The molecule has 0 bridgehead atoms. The number of rotatable bonds is 11. The number of allylic oxidation sites excluding steroid dienone is 8. The Bertz CT molecular complexity index is 669. The van der Waals surface area contributed by atoms with Gasteiger partial charge in [-0.25, -0.2) is 4.39 Å². The van der Waals surface area contributed by atoms with E-state index in [1.54, 1.807) is 0 Å². The molecule has 1 heteroatoms. The number of unbranched alkanes of at least 4 members (excludes halogenated alkanes) is 2. The Hall–Kier alpha value is -1.89. The van der Waals surface area contributed by atoms with Crippen LogP contribution in [-0.4, -0.2) is 6.67 Å². The fourth-order valence-corrected chi connectivity index (χ4v) is 3.01. The average Bonchev–Trinajstić information content (AvgIpc) is 2.70. The second-order valence-corrected chi connectivity index (χ2v) is 7.24. The lowest BCUT2D eigenvalue weighted by atomic mass is 10.00. The van der Waals surface area contributed by atoms with Crippen molar-refractivity contribution in [1.82, 2.24) is 0 Å². The highest BCUT2D eigenvalue weighted by atomic mass is 19.1. The van der Waals surface area contributed by atoms with E-state index >= 15 is 0 Å². The minimum atomic E-state index is -0.446. The highest BCUT2D eigenvalue weighted by molar-refractivity contribution is 5.68. The van der Waals surface area contributed by atoms with Gasteiger partial charge in [-0.2, -0.15) is 0 Å². The summed E-state index contributed by atoms with van der Waals surface area (Å²) in [6.07, 6.45) is 15.4. The minimum absolute atomic E-state index is 0.446. The molecule has 1 aromatic rings. The molecule has 0 amide bonds. The Morgan fingerprint density at radius 3 is 2.15 bits per heavy atom. The van der Waals surface area contributed by atoms with Gasteiger partial charge >= 0.3 is 0 Å². The third-order valence-electron chi connectivity index (χ3n) is 5.04. The van der Waals surface area contributed by atoms with Crippen molar-refractivity contribution in [1.29, 1.82) is 0 Å². The van der Waals surface area contributed by atoms with E-state index < -0.39 is 6.67 Å². The summed E-state index contributed by atoms with van der Waals surface area (Å²) < 4.78 is 13.6. The molecule has 0 aromatic heterocycles. The number of benzene rings is 1. The fraction of sp³-hybridized carbons (Fsp3) is 0.462. The van der Waals surface area contributed by atoms with Crippen LogP contribution < -0.4 is 0 Å². The Labute approximate surface area is 166 Å². The second kappa shape index (κ2) is 13.3. The molecule has 0 nitrogen and oxygen atoms in total. The van der Waals surface area contributed by atoms with E-state index in [4.69, 9.17) is 0 Å². The first-order valence-electron chi connectivity index (χ1n) is 10.4. The molecule has 0 saturated heterocycles. The molecule has 0 unspecified atom stereocenters. The Morgan fingerprint density at radius 2 is 1.59 bits per heavy atom. The van der Waals surface area contributed by atoms with Crippen LogP contribution in [0.25, 0.3) is 5.57 Å². The van der Waals surface area contributed by atoms with Crippen molar-refractivity contribution in [2.75, 3.05) is 6.67 Å². The van der Waals surface area contributed by atoms with Gasteiger partial charge in [-0.05, 0) is 67.4 Å². The predicted molar refractivity (Wildman–Crippen MR) is 120 cm³/mol. The van der Waals surface area contributed by atoms with Gasteiger partial charge in [0.15, 0.2) is 0 Å². The molecule has 0 aliphatic carbocycles. The third kappa shape index (κ3) is 8.56. The van der Waals surface area contributed by atoms with Crippen LogP contribution in [0.4, 0.5) is 4.39 Å². The van der Waals surface area contributed by atoms with Crippen molar-refractivity contribution in [2.45, 2.75) is 73.1 Å². The van der Waals surface area contributed by atoms with E-state index in [9.17, 15) is 4.39 Å².